The Kier molecular flexibility index (Phi) is 5.97. The van der Waals surface area contributed by atoms with Crippen LogP contribution in [0.25, 0.3) is 0 Å². The maximum atomic E-state index is 12.5. The Morgan fingerprint density at radius 3 is 2.17 bits per heavy atom. The first-order valence-electron chi connectivity index (χ1n) is 7.53. The SMILES string of the molecule is CC(C)NC(=O)C(=O)N1CCN(C(=O)c2ccccc2I)CC1. The predicted molar refractivity (Wildman–Crippen MR) is 94.9 cm³/mol. The summed E-state index contributed by atoms with van der Waals surface area (Å²) in [5, 5.41) is 2.60. The van der Waals surface area contributed by atoms with Crippen molar-refractivity contribution in [3.8, 4) is 0 Å². The Morgan fingerprint density at radius 2 is 1.61 bits per heavy atom. The molecule has 1 aromatic carbocycles. The molecule has 3 amide bonds. The van der Waals surface area contributed by atoms with Crippen molar-refractivity contribution >= 4 is 40.3 Å². The van der Waals surface area contributed by atoms with Crippen LogP contribution >= 0.6 is 22.6 Å². The van der Waals surface area contributed by atoms with E-state index in [9.17, 15) is 14.4 Å². The zero-order chi connectivity index (χ0) is 17.0. The maximum Gasteiger partial charge on any atom is 0.312 e. The van der Waals surface area contributed by atoms with Crippen LogP contribution in [0.4, 0.5) is 0 Å². The molecule has 1 fully saturated rings. The average Bonchev–Trinajstić information content (AvgIpc) is 2.53. The summed E-state index contributed by atoms with van der Waals surface area (Å²) in [6.07, 6.45) is 0. The molecule has 0 aromatic heterocycles. The third kappa shape index (κ3) is 4.43. The van der Waals surface area contributed by atoms with Gasteiger partial charge >= 0.3 is 11.8 Å². The molecule has 1 aromatic rings. The Bertz CT molecular complexity index is 610. The normalized spacial score (nSPS) is 14.8. The molecule has 1 N–H and O–H groups in total. The zero-order valence-electron chi connectivity index (χ0n) is 13.2. The zero-order valence-corrected chi connectivity index (χ0v) is 15.4. The Labute approximate surface area is 149 Å². The molecule has 0 spiro atoms. The molecular formula is C16H20IN3O3. The number of benzene rings is 1. The van der Waals surface area contributed by atoms with E-state index in [1.165, 1.54) is 4.90 Å². The van der Waals surface area contributed by atoms with Crippen molar-refractivity contribution in [3.63, 3.8) is 0 Å². The summed E-state index contributed by atoms with van der Waals surface area (Å²) in [5.74, 6) is -1.15. The maximum absolute atomic E-state index is 12.5. The van der Waals surface area contributed by atoms with E-state index in [0.717, 1.165) is 3.57 Å². The molecule has 0 unspecified atom stereocenters. The van der Waals surface area contributed by atoms with Gasteiger partial charge in [-0.05, 0) is 48.6 Å². The van der Waals surface area contributed by atoms with E-state index in [0.29, 0.717) is 31.7 Å². The second kappa shape index (κ2) is 7.76. The number of hydrogen-bond acceptors (Lipinski definition) is 3. The molecule has 1 aliphatic rings. The van der Waals surface area contributed by atoms with E-state index in [2.05, 4.69) is 27.9 Å². The van der Waals surface area contributed by atoms with Gasteiger partial charge in [0.2, 0.25) is 0 Å². The summed E-state index contributed by atoms with van der Waals surface area (Å²) >= 11 is 2.14. The number of amides is 3. The summed E-state index contributed by atoms with van der Waals surface area (Å²) in [6, 6.07) is 7.35. The van der Waals surface area contributed by atoms with Gasteiger partial charge < -0.3 is 15.1 Å². The van der Waals surface area contributed by atoms with Crippen LogP contribution in [-0.4, -0.2) is 59.7 Å². The standard InChI is InChI=1S/C16H20IN3O3/c1-11(2)18-14(21)16(23)20-9-7-19(8-10-20)15(22)12-5-3-4-6-13(12)17/h3-6,11H,7-10H2,1-2H3,(H,18,21). The Balaban J connectivity index is 1.94. The van der Waals surface area contributed by atoms with Crippen LogP contribution in [0.15, 0.2) is 24.3 Å². The van der Waals surface area contributed by atoms with Gasteiger partial charge in [0, 0.05) is 35.8 Å². The van der Waals surface area contributed by atoms with Crippen LogP contribution in [0.3, 0.4) is 0 Å². The van der Waals surface area contributed by atoms with E-state index in [1.54, 1.807) is 11.0 Å². The van der Waals surface area contributed by atoms with E-state index in [-0.39, 0.29) is 11.9 Å². The van der Waals surface area contributed by atoms with E-state index >= 15 is 0 Å². The minimum absolute atomic E-state index is 0.0336. The van der Waals surface area contributed by atoms with Crippen LogP contribution in [-0.2, 0) is 9.59 Å². The van der Waals surface area contributed by atoms with E-state index in [4.69, 9.17) is 0 Å². The summed E-state index contributed by atoms with van der Waals surface area (Å²) in [7, 11) is 0. The number of carbonyl (C=O) groups is 3. The van der Waals surface area contributed by atoms with Crippen molar-refractivity contribution in [2.24, 2.45) is 0 Å². The highest BCUT2D eigenvalue weighted by Crippen LogP contribution is 2.15. The summed E-state index contributed by atoms with van der Waals surface area (Å²) < 4.78 is 0.907. The Hall–Kier alpha value is -1.64. The summed E-state index contributed by atoms with van der Waals surface area (Å²) in [6.45, 7) is 5.24. The molecular weight excluding hydrogens is 409 g/mol. The van der Waals surface area contributed by atoms with Gasteiger partial charge in [-0.15, -0.1) is 0 Å². The predicted octanol–water partition coefficient (Wildman–Crippen LogP) is 1.10. The fraction of sp³-hybridized carbons (Fsp3) is 0.438. The molecule has 7 heteroatoms. The highest BCUT2D eigenvalue weighted by Gasteiger charge is 2.28. The molecule has 1 saturated heterocycles. The van der Waals surface area contributed by atoms with Gasteiger partial charge in [-0.25, -0.2) is 0 Å². The number of piperazine rings is 1. The number of rotatable bonds is 2. The van der Waals surface area contributed by atoms with Crippen molar-refractivity contribution in [2.45, 2.75) is 19.9 Å². The topological polar surface area (TPSA) is 69.7 Å². The number of nitrogens with one attached hydrogen (secondary N) is 1. The molecule has 124 valence electrons. The molecule has 0 atom stereocenters. The van der Waals surface area contributed by atoms with Crippen LogP contribution < -0.4 is 5.32 Å². The van der Waals surface area contributed by atoms with Gasteiger partial charge in [0.25, 0.3) is 5.91 Å². The van der Waals surface area contributed by atoms with Crippen molar-refractivity contribution in [3.05, 3.63) is 33.4 Å². The second-order valence-corrected chi connectivity index (χ2v) is 6.85. The molecule has 2 rings (SSSR count). The highest BCUT2D eigenvalue weighted by atomic mass is 127. The first-order chi connectivity index (χ1) is 10.9. The molecule has 1 aliphatic heterocycles. The van der Waals surface area contributed by atoms with Crippen LogP contribution in [0.5, 0.6) is 0 Å². The molecule has 0 bridgehead atoms. The second-order valence-electron chi connectivity index (χ2n) is 5.69. The first-order valence-corrected chi connectivity index (χ1v) is 8.61. The molecule has 0 saturated carbocycles. The van der Waals surface area contributed by atoms with Gasteiger partial charge in [-0.1, -0.05) is 12.1 Å². The minimum Gasteiger partial charge on any atom is -0.346 e. The number of carbonyl (C=O) groups excluding carboxylic acids is 3. The number of halogens is 1. The van der Waals surface area contributed by atoms with E-state index in [1.807, 2.05) is 32.0 Å². The summed E-state index contributed by atoms with van der Waals surface area (Å²) in [5.41, 5.74) is 0.672. The third-order valence-corrected chi connectivity index (χ3v) is 4.51. The van der Waals surface area contributed by atoms with Gasteiger partial charge in [-0.3, -0.25) is 14.4 Å². The average molecular weight is 429 g/mol. The first kappa shape index (κ1) is 17.7. The molecule has 6 nitrogen and oxygen atoms in total. The van der Waals surface area contributed by atoms with Gasteiger partial charge in [0.15, 0.2) is 0 Å². The monoisotopic (exact) mass is 429 g/mol. The van der Waals surface area contributed by atoms with Crippen LogP contribution in [0.1, 0.15) is 24.2 Å². The number of nitrogens with zero attached hydrogens (tertiary/aromatic N) is 2. The van der Waals surface area contributed by atoms with Gasteiger partial charge in [-0.2, -0.15) is 0 Å². The smallest absolute Gasteiger partial charge is 0.312 e. The molecule has 0 radical (unpaired) electrons. The minimum atomic E-state index is -0.586. The lowest BCUT2D eigenvalue weighted by Gasteiger charge is -2.34. The molecule has 23 heavy (non-hydrogen) atoms. The Morgan fingerprint density at radius 1 is 1.04 bits per heavy atom. The fourth-order valence-corrected chi connectivity index (χ4v) is 3.00. The van der Waals surface area contributed by atoms with Crippen molar-refractivity contribution in [2.75, 3.05) is 26.2 Å². The van der Waals surface area contributed by atoms with Crippen molar-refractivity contribution < 1.29 is 14.4 Å². The fourth-order valence-electron chi connectivity index (χ4n) is 2.39. The molecule has 0 aliphatic carbocycles. The van der Waals surface area contributed by atoms with Crippen LogP contribution in [0, 0.1) is 3.57 Å². The van der Waals surface area contributed by atoms with Crippen molar-refractivity contribution in [1.29, 1.82) is 0 Å². The van der Waals surface area contributed by atoms with Gasteiger partial charge in [0.05, 0.1) is 5.56 Å². The van der Waals surface area contributed by atoms with Crippen molar-refractivity contribution in [1.82, 2.24) is 15.1 Å². The van der Waals surface area contributed by atoms with E-state index < -0.39 is 11.8 Å². The quantitative estimate of drug-likeness (QED) is 0.566. The van der Waals surface area contributed by atoms with Crippen LogP contribution in [0.2, 0.25) is 0 Å². The highest BCUT2D eigenvalue weighted by molar-refractivity contribution is 14.1. The number of hydrogen-bond donors (Lipinski definition) is 1. The summed E-state index contributed by atoms with van der Waals surface area (Å²) in [4.78, 5) is 39.5. The largest absolute Gasteiger partial charge is 0.346 e. The lowest BCUT2D eigenvalue weighted by molar-refractivity contribution is -0.147. The molecule has 1 heterocycles. The van der Waals surface area contributed by atoms with Gasteiger partial charge in [0.1, 0.15) is 0 Å². The third-order valence-electron chi connectivity index (χ3n) is 3.57. The lowest BCUT2D eigenvalue weighted by Crippen LogP contribution is -2.54. The lowest BCUT2D eigenvalue weighted by atomic mass is 10.2.